The molecule has 0 aliphatic carbocycles. The van der Waals surface area contributed by atoms with Crippen LogP contribution in [0.5, 0.6) is 5.75 Å². The number of carbonyl (C=O) groups is 2. The van der Waals surface area contributed by atoms with Gasteiger partial charge in [-0.2, -0.15) is 0 Å². The summed E-state index contributed by atoms with van der Waals surface area (Å²) in [6, 6.07) is 17.2. The maximum Gasteiger partial charge on any atom is 0.259 e. The topological polar surface area (TPSA) is 89.8 Å². The standard InChI is InChI=1S/C22H22N2O5/c1-27-13-14-29-20-7-3-2-6-19(20)22(26)24-17-10-8-16(9-11-17)21(25)23-15-18-5-4-12-28-18/h2-12H,13-15H2,1H3,(H,23,25)(H,24,26). The maximum absolute atomic E-state index is 12.6. The van der Waals surface area contributed by atoms with Crippen LogP contribution in [0.4, 0.5) is 5.69 Å². The average molecular weight is 394 g/mol. The van der Waals surface area contributed by atoms with E-state index in [-0.39, 0.29) is 11.8 Å². The highest BCUT2D eigenvalue weighted by atomic mass is 16.5. The van der Waals surface area contributed by atoms with Crippen molar-refractivity contribution in [2.75, 3.05) is 25.6 Å². The van der Waals surface area contributed by atoms with Crippen molar-refractivity contribution in [3.8, 4) is 5.75 Å². The zero-order valence-corrected chi connectivity index (χ0v) is 16.0. The van der Waals surface area contributed by atoms with E-state index >= 15 is 0 Å². The van der Waals surface area contributed by atoms with Crippen LogP contribution in [-0.2, 0) is 11.3 Å². The van der Waals surface area contributed by atoms with Crippen LogP contribution in [0, 0.1) is 0 Å². The first kappa shape index (κ1) is 20.2. The molecule has 0 aliphatic heterocycles. The Labute approximate surface area is 168 Å². The van der Waals surface area contributed by atoms with E-state index in [1.54, 1.807) is 74.0 Å². The quantitative estimate of drug-likeness (QED) is 0.542. The second kappa shape index (κ2) is 10.1. The highest BCUT2D eigenvalue weighted by Crippen LogP contribution is 2.20. The molecule has 0 unspecified atom stereocenters. The molecular formula is C22H22N2O5. The van der Waals surface area contributed by atoms with Crippen LogP contribution >= 0.6 is 0 Å². The molecule has 2 N–H and O–H groups in total. The smallest absolute Gasteiger partial charge is 0.259 e. The number of rotatable bonds is 9. The Morgan fingerprint density at radius 2 is 1.72 bits per heavy atom. The number of benzene rings is 2. The van der Waals surface area contributed by atoms with Crippen molar-refractivity contribution >= 4 is 17.5 Å². The lowest BCUT2D eigenvalue weighted by molar-refractivity contribution is 0.0947. The van der Waals surface area contributed by atoms with Gasteiger partial charge < -0.3 is 24.5 Å². The second-order valence-electron chi connectivity index (χ2n) is 6.13. The molecule has 29 heavy (non-hydrogen) atoms. The zero-order valence-electron chi connectivity index (χ0n) is 16.0. The van der Waals surface area contributed by atoms with E-state index in [4.69, 9.17) is 13.9 Å². The van der Waals surface area contributed by atoms with Gasteiger partial charge in [0, 0.05) is 18.4 Å². The summed E-state index contributed by atoms with van der Waals surface area (Å²) >= 11 is 0. The molecule has 0 aliphatic rings. The number of para-hydroxylation sites is 1. The molecule has 0 fully saturated rings. The number of furan rings is 1. The zero-order chi connectivity index (χ0) is 20.5. The van der Waals surface area contributed by atoms with E-state index < -0.39 is 0 Å². The number of ether oxygens (including phenoxy) is 2. The van der Waals surface area contributed by atoms with E-state index in [2.05, 4.69) is 10.6 Å². The van der Waals surface area contributed by atoms with Gasteiger partial charge in [-0.25, -0.2) is 0 Å². The SMILES string of the molecule is COCCOc1ccccc1C(=O)Nc1ccc(C(=O)NCc2ccco2)cc1. The van der Waals surface area contributed by atoms with Crippen molar-refractivity contribution in [2.45, 2.75) is 6.54 Å². The molecule has 0 atom stereocenters. The Hall–Kier alpha value is -3.58. The van der Waals surface area contributed by atoms with Gasteiger partial charge in [0.1, 0.15) is 18.1 Å². The minimum atomic E-state index is -0.298. The second-order valence-corrected chi connectivity index (χ2v) is 6.13. The molecule has 0 saturated carbocycles. The first-order valence-corrected chi connectivity index (χ1v) is 9.10. The summed E-state index contributed by atoms with van der Waals surface area (Å²) in [7, 11) is 1.59. The van der Waals surface area contributed by atoms with Gasteiger partial charge in [0.05, 0.1) is 25.0 Å². The van der Waals surface area contributed by atoms with E-state index in [0.29, 0.717) is 48.1 Å². The van der Waals surface area contributed by atoms with Gasteiger partial charge in [-0.3, -0.25) is 9.59 Å². The molecule has 0 radical (unpaired) electrons. The molecule has 3 aromatic rings. The Kier molecular flexibility index (Phi) is 7.02. The predicted octanol–water partition coefficient (Wildman–Crippen LogP) is 3.49. The molecule has 150 valence electrons. The Balaban J connectivity index is 1.59. The summed E-state index contributed by atoms with van der Waals surface area (Å²) in [4.78, 5) is 24.8. The van der Waals surface area contributed by atoms with Crippen molar-refractivity contribution in [1.82, 2.24) is 5.32 Å². The van der Waals surface area contributed by atoms with Gasteiger partial charge in [-0.05, 0) is 48.5 Å². The molecule has 1 heterocycles. The lowest BCUT2D eigenvalue weighted by Gasteiger charge is -2.12. The Bertz CT molecular complexity index is 936. The third kappa shape index (κ3) is 5.70. The van der Waals surface area contributed by atoms with Crippen molar-refractivity contribution in [3.05, 3.63) is 83.8 Å². The molecule has 2 amide bonds. The fraction of sp³-hybridized carbons (Fsp3) is 0.182. The van der Waals surface area contributed by atoms with E-state index in [0.717, 1.165) is 0 Å². The van der Waals surface area contributed by atoms with Gasteiger partial charge in [-0.15, -0.1) is 0 Å². The lowest BCUT2D eigenvalue weighted by Crippen LogP contribution is -2.22. The minimum Gasteiger partial charge on any atom is -0.490 e. The summed E-state index contributed by atoms with van der Waals surface area (Å²) in [5, 5.41) is 5.59. The number of amides is 2. The van der Waals surface area contributed by atoms with Crippen molar-refractivity contribution in [3.63, 3.8) is 0 Å². The third-order valence-corrected chi connectivity index (χ3v) is 4.08. The van der Waals surface area contributed by atoms with Crippen LogP contribution in [-0.4, -0.2) is 32.1 Å². The van der Waals surface area contributed by atoms with Crippen molar-refractivity contribution < 1.29 is 23.5 Å². The molecule has 7 nitrogen and oxygen atoms in total. The normalized spacial score (nSPS) is 10.4. The van der Waals surface area contributed by atoms with E-state index in [9.17, 15) is 9.59 Å². The summed E-state index contributed by atoms with van der Waals surface area (Å²) in [6.07, 6.45) is 1.56. The van der Waals surface area contributed by atoms with Crippen LogP contribution in [0.25, 0.3) is 0 Å². The Morgan fingerprint density at radius 1 is 0.931 bits per heavy atom. The van der Waals surface area contributed by atoms with Crippen molar-refractivity contribution in [1.29, 1.82) is 0 Å². The Morgan fingerprint density at radius 3 is 2.45 bits per heavy atom. The first-order chi connectivity index (χ1) is 14.2. The summed E-state index contributed by atoms with van der Waals surface area (Å²) in [5.41, 5.74) is 1.48. The van der Waals surface area contributed by atoms with Gasteiger partial charge in [-0.1, -0.05) is 12.1 Å². The van der Waals surface area contributed by atoms with Crippen LogP contribution in [0.2, 0.25) is 0 Å². The molecule has 2 aromatic carbocycles. The average Bonchev–Trinajstić information content (AvgIpc) is 3.27. The van der Waals surface area contributed by atoms with Crippen LogP contribution in [0.15, 0.2) is 71.3 Å². The fourth-order valence-corrected chi connectivity index (χ4v) is 2.60. The summed E-state index contributed by atoms with van der Waals surface area (Å²) in [5.74, 6) is 0.633. The number of hydrogen-bond donors (Lipinski definition) is 2. The monoisotopic (exact) mass is 394 g/mol. The van der Waals surface area contributed by atoms with Crippen molar-refractivity contribution in [2.24, 2.45) is 0 Å². The number of anilines is 1. The highest BCUT2D eigenvalue weighted by molar-refractivity contribution is 6.06. The molecular weight excluding hydrogens is 372 g/mol. The molecule has 0 saturated heterocycles. The van der Waals surface area contributed by atoms with E-state index in [1.165, 1.54) is 0 Å². The van der Waals surface area contributed by atoms with Gasteiger partial charge in [0.2, 0.25) is 0 Å². The number of methoxy groups -OCH3 is 1. The highest BCUT2D eigenvalue weighted by Gasteiger charge is 2.13. The first-order valence-electron chi connectivity index (χ1n) is 9.10. The third-order valence-electron chi connectivity index (χ3n) is 4.08. The molecule has 1 aromatic heterocycles. The number of hydrogen-bond acceptors (Lipinski definition) is 5. The van der Waals surface area contributed by atoms with Gasteiger partial charge >= 0.3 is 0 Å². The van der Waals surface area contributed by atoms with Crippen LogP contribution in [0.3, 0.4) is 0 Å². The largest absolute Gasteiger partial charge is 0.490 e. The molecule has 0 bridgehead atoms. The van der Waals surface area contributed by atoms with Gasteiger partial charge in [0.15, 0.2) is 0 Å². The lowest BCUT2D eigenvalue weighted by atomic mass is 10.1. The van der Waals surface area contributed by atoms with Gasteiger partial charge in [0.25, 0.3) is 11.8 Å². The van der Waals surface area contributed by atoms with Crippen LogP contribution in [0.1, 0.15) is 26.5 Å². The summed E-state index contributed by atoms with van der Waals surface area (Å²) in [6.45, 7) is 1.09. The predicted molar refractivity (Wildman–Crippen MR) is 108 cm³/mol. The summed E-state index contributed by atoms with van der Waals surface area (Å²) < 4.78 is 15.7. The number of carbonyl (C=O) groups excluding carboxylic acids is 2. The fourth-order valence-electron chi connectivity index (χ4n) is 2.60. The molecule has 0 spiro atoms. The maximum atomic E-state index is 12.6. The molecule has 3 rings (SSSR count). The molecule has 7 heteroatoms. The minimum absolute atomic E-state index is 0.226. The number of nitrogens with one attached hydrogen (secondary N) is 2. The van der Waals surface area contributed by atoms with E-state index in [1.807, 2.05) is 0 Å². The van der Waals surface area contributed by atoms with Crippen LogP contribution < -0.4 is 15.4 Å².